The van der Waals surface area contributed by atoms with Crippen LogP contribution in [0.25, 0.3) is 55.7 Å². The van der Waals surface area contributed by atoms with Crippen molar-refractivity contribution in [3.8, 4) is 56.0 Å². The first-order chi connectivity index (χ1) is 31.9. The number of carbonyl (C=O) groups excluding carboxylic acids is 2. The molecule has 0 amide bonds. The molecule has 8 nitrogen and oxygen atoms in total. The second-order valence-corrected chi connectivity index (χ2v) is 14.8. The van der Waals surface area contributed by atoms with Gasteiger partial charge in [0.15, 0.2) is 23.1 Å². The molecule has 12 heteroatoms. The first-order valence-corrected chi connectivity index (χ1v) is 20.0. The molecule has 0 aliphatic rings. The van der Waals surface area contributed by atoms with E-state index in [0.717, 1.165) is 12.1 Å². The zero-order chi connectivity index (χ0) is 46.5. The molecule has 0 atom stereocenters. The van der Waals surface area contributed by atoms with Crippen molar-refractivity contribution >= 4 is 36.0 Å². The number of carboxylic acids is 2. The van der Waals surface area contributed by atoms with Gasteiger partial charge in [0, 0.05) is 0 Å². The molecule has 0 aliphatic carbocycles. The molecular formula is C54H32F4O8. The number of rotatable bonds is 14. The van der Waals surface area contributed by atoms with E-state index in [1.165, 1.54) is 48.5 Å². The van der Waals surface area contributed by atoms with Gasteiger partial charge in [0.05, 0.1) is 11.1 Å². The van der Waals surface area contributed by atoms with Gasteiger partial charge in [-0.25, -0.2) is 27.2 Å². The third-order valence-corrected chi connectivity index (χ3v) is 10.9. The highest BCUT2D eigenvalue weighted by molar-refractivity contribution is 6.05. The summed E-state index contributed by atoms with van der Waals surface area (Å²) in [6.45, 7) is 0.281. The van der Waals surface area contributed by atoms with Crippen LogP contribution in [0.4, 0.5) is 17.6 Å². The van der Waals surface area contributed by atoms with E-state index in [2.05, 4.69) is 0 Å². The van der Waals surface area contributed by atoms with Crippen LogP contribution in [0.15, 0.2) is 170 Å². The maximum atomic E-state index is 14.9. The Morgan fingerprint density at radius 2 is 0.591 bits per heavy atom. The summed E-state index contributed by atoms with van der Waals surface area (Å²) in [6, 6.07) is 45.2. The third-order valence-electron chi connectivity index (χ3n) is 10.9. The number of aromatic carboxylic acids is 2. The topological polar surface area (TPSA) is 127 Å². The van der Waals surface area contributed by atoms with Crippen LogP contribution in [0.5, 0.6) is 11.5 Å². The highest BCUT2D eigenvalue weighted by atomic mass is 19.1. The fourth-order valence-electron chi connectivity index (χ4n) is 7.62. The van der Waals surface area contributed by atoms with Crippen molar-refractivity contribution < 1.29 is 56.4 Å². The molecule has 0 aliphatic heterocycles. The highest BCUT2D eigenvalue weighted by Crippen LogP contribution is 2.40. The molecule has 0 heterocycles. The van der Waals surface area contributed by atoms with Gasteiger partial charge in [-0.3, -0.25) is 9.59 Å². The molecule has 0 unspecified atom stereocenters. The summed E-state index contributed by atoms with van der Waals surface area (Å²) in [5, 5.41) is 18.8. The fraction of sp³-hybridized carbons (Fsp3) is 0. The van der Waals surface area contributed by atoms with Gasteiger partial charge < -0.3 is 19.7 Å². The number of carbonyl (C=O) groups is 4. The van der Waals surface area contributed by atoms with E-state index in [9.17, 15) is 47.0 Å². The van der Waals surface area contributed by atoms with E-state index in [0.29, 0.717) is 77.9 Å². The van der Waals surface area contributed by atoms with Gasteiger partial charge >= 0.3 is 11.9 Å². The van der Waals surface area contributed by atoms with Gasteiger partial charge in [0.25, 0.3) is 12.9 Å². The summed E-state index contributed by atoms with van der Waals surface area (Å²) >= 11 is 0. The smallest absolute Gasteiger partial charge is 0.338 e. The van der Waals surface area contributed by atoms with E-state index >= 15 is 0 Å². The van der Waals surface area contributed by atoms with Gasteiger partial charge in [-0.05, 0) is 126 Å². The number of ether oxygens (including phenoxy) is 2. The van der Waals surface area contributed by atoms with Gasteiger partial charge in [0.1, 0.15) is 11.6 Å². The summed E-state index contributed by atoms with van der Waals surface area (Å²) in [4.78, 5) is 44.7. The Morgan fingerprint density at radius 3 is 0.818 bits per heavy atom. The zero-order valence-electron chi connectivity index (χ0n) is 34.2. The van der Waals surface area contributed by atoms with Crippen LogP contribution >= 0.6 is 0 Å². The number of hydrogen-bond donors (Lipinski definition) is 2. The first kappa shape index (κ1) is 43.7. The Bertz CT molecular complexity index is 2990. The van der Waals surface area contributed by atoms with Crippen molar-refractivity contribution in [2.24, 2.45) is 0 Å². The second kappa shape index (κ2) is 18.8. The van der Waals surface area contributed by atoms with Gasteiger partial charge in [0.2, 0.25) is 0 Å². The third kappa shape index (κ3) is 9.10. The molecule has 66 heavy (non-hydrogen) atoms. The van der Waals surface area contributed by atoms with Crippen LogP contribution in [-0.4, -0.2) is 35.1 Å². The quantitative estimate of drug-likeness (QED) is 0.0628. The van der Waals surface area contributed by atoms with Gasteiger partial charge in [-0.1, -0.05) is 121 Å². The molecule has 0 spiro atoms. The standard InChI is InChI=1S/C54H32F4O8/c55-45-25-39(17-21-43(45)53(61)62)31-1-9-35(10-2-31)51(36-11-3-32(4-12-36)40-18-22-44(54(63)64)46(56)26-40)52(37-13-5-33(6-14-37)41-19-23-49(65-29-59)47(57)27-41)38-15-7-34(8-16-38)42-20-24-50(66-30-60)48(58)28-42/h1-30H,(H,61,62)(H,63,64). The molecular weight excluding hydrogens is 853 g/mol. The van der Waals surface area contributed by atoms with E-state index in [-0.39, 0.29) is 24.4 Å². The Balaban J connectivity index is 1.31. The molecule has 0 radical (unpaired) electrons. The molecule has 0 bridgehead atoms. The van der Waals surface area contributed by atoms with Crippen LogP contribution in [0.3, 0.4) is 0 Å². The fourth-order valence-corrected chi connectivity index (χ4v) is 7.62. The number of halogens is 4. The Hall–Kier alpha value is -8.90. The molecule has 8 aromatic carbocycles. The van der Waals surface area contributed by atoms with Crippen LogP contribution < -0.4 is 9.47 Å². The number of carboxylic acid groups (broad SMARTS) is 2. The molecule has 0 fully saturated rings. The molecule has 0 aromatic heterocycles. The van der Waals surface area contributed by atoms with Crippen molar-refractivity contribution in [3.63, 3.8) is 0 Å². The predicted molar refractivity (Wildman–Crippen MR) is 240 cm³/mol. The van der Waals surface area contributed by atoms with Gasteiger partial charge in [-0.15, -0.1) is 0 Å². The zero-order valence-corrected chi connectivity index (χ0v) is 34.2. The monoisotopic (exact) mass is 884 g/mol. The lowest BCUT2D eigenvalue weighted by Crippen LogP contribution is -2.00. The predicted octanol–water partition coefficient (Wildman–Crippen LogP) is 12.4. The minimum atomic E-state index is -1.39. The first-order valence-electron chi connectivity index (χ1n) is 20.0. The van der Waals surface area contributed by atoms with E-state index in [1.807, 2.05) is 48.5 Å². The van der Waals surface area contributed by atoms with Crippen molar-refractivity contribution in [2.45, 2.75) is 0 Å². The lowest BCUT2D eigenvalue weighted by molar-refractivity contribution is -0.121. The van der Waals surface area contributed by atoms with Crippen molar-refractivity contribution in [1.82, 2.24) is 0 Å². The Morgan fingerprint density at radius 1 is 0.348 bits per heavy atom. The molecule has 0 saturated heterocycles. The van der Waals surface area contributed by atoms with Crippen molar-refractivity contribution in [1.29, 1.82) is 0 Å². The average Bonchev–Trinajstić information content (AvgIpc) is 3.32. The molecule has 324 valence electrons. The maximum absolute atomic E-state index is 14.9. The Kier molecular flexibility index (Phi) is 12.5. The van der Waals surface area contributed by atoms with E-state index < -0.39 is 46.3 Å². The summed E-state index contributed by atoms with van der Waals surface area (Å²) in [7, 11) is 0. The molecule has 8 rings (SSSR count). The average molecular weight is 885 g/mol. The molecule has 0 saturated carbocycles. The lowest BCUT2D eigenvalue weighted by Gasteiger charge is -2.20. The summed E-state index contributed by atoms with van der Waals surface area (Å²) < 4.78 is 68.8. The van der Waals surface area contributed by atoms with Gasteiger partial charge in [-0.2, -0.15) is 0 Å². The highest BCUT2D eigenvalue weighted by Gasteiger charge is 2.20. The number of hydrogen-bond acceptors (Lipinski definition) is 6. The normalized spacial score (nSPS) is 10.8. The van der Waals surface area contributed by atoms with Crippen LogP contribution in [0, 0.1) is 23.3 Å². The van der Waals surface area contributed by atoms with Crippen LogP contribution in [0.1, 0.15) is 43.0 Å². The Labute approximate surface area is 373 Å². The van der Waals surface area contributed by atoms with E-state index in [4.69, 9.17) is 9.47 Å². The maximum Gasteiger partial charge on any atom is 0.338 e. The lowest BCUT2D eigenvalue weighted by atomic mass is 9.84. The van der Waals surface area contributed by atoms with E-state index in [1.54, 1.807) is 60.7 Å². The summed E-state index contributed by atoms with van der Waals surface area (Å²) in [5.41, 5.74) is 7.64. The minimum absolute atomic E-state index is 0.140. The molecule has 2 N–H and O–H groups in total. The summed E-state index contributed by atoms with van der Waals surface area (Å²) in [6.07, 6.45) is 0. The minimum Gasteiger partial charge on any atom is -0.478 e. The second-order valence-electron chi connectivity index (χ2n) is 14.8. The van der Waals surface area contributed by atoms with Crippen LogP contribution in [-0.2, 0) is 9.59 Å². The van der Waals surface area contributed by atoms with Crippen molar-refractivity contribution in [3.05, 3.63) is 227 Å². The van der Waals surface area contributed by atoms with Crippen LogP contribution in [0.2, 0.25) is 0 Å². The largest absolute Gasteiger partial charge is 0.478 e. The number of benzene rings is 8. The SMILES string of the molecule is O=COc1ccc(-c2ccc(C(=C(c3ccc(-c4ccc(C(=O)O)c(F)c4)cc3)c3ccc(-c4ccc(C(=O)O)c(F)c4)cc3)c3ccc(-c4ccc(OC=O)c(F)c4)cc3)cc2)cc1F. The van der Waals surface area contributed by atoms with Crippen molar-refractivity contribution in [2.75, 3.05) is 0 Å². The molecule has 8 aromatic rings. The summed E-state index contributed by atoms with van der Waals surface area (Å²) in [5.74, 6) is -6.48.